The second kappa shape index (κ2) is 3.68. The van der Waals surface area contributed by atoms with Crippen LogP contribution < -0.4 is 0 Å². The van der Waals surface area contributed by atoms with E-state index in [4.69, 9.17) is 0 Å². The van der Waals surface area contributed by atoms with Crippen molar-refractivity contribution in [1.29, 1.82) is 0 Å². The van der Waals surface area contributed by atoms with E-state index >= 15 is 0 Å². The van der Waals surface area contributed by atoms with Gasteiger partial charge in [-0.1, -0.05) is 39.0 Å². The Morgan fingerprint density at radius 2 is 2.06 bits per heavy atom. The molecular weight excluding hydrogens is 210 g/mol. The van der Waals surface area contributed by atoms with Crippen LogP contribution in [0.4, 0.5) is 8.78 Å². The zero-order valence-corrected chi connectivity index (χ0v) is 9.69. The van der Waals surface area contributed by atoms with Crippen molar-refractivity contribution in [2.75, 3.05) is 0 Å². The van der Waals surface area contributed by atoms with E-state index in [-0.39, 0.29) is 17.4 Å². The molecular formula is C12H16F2N2. The Hall–Kier alpha value is -1.19. The summed E-state index contributed by atoms with van der Waals surface area (Å²) in [6.45, 7) is 3.81. The number of allylic oxidation sites excluding steroid dienone is 2. The van der Waals surface area contributed by atoms with Gasteiger partial charge in [0, 0.05) is 12.1 Å². The van der Waals surface area contributed by atoms with Crippen LogP contribution in [0.15, 0.2) is 28.9 Å². The number of rotatable bonds is 1. The predicted octanol–water partition coefficient (Wildman–Crippen LogP) is 3.04. The van der Waals surface area contributed by atoms with Crippen LogP contribution in [0.3, 0.4) is 0 Å². The van der Waals surface area contributed by atoms with Crippen molar-refractivity contribution in [1.82, 2.24) is 5.01 Å². The highest BCUT2D eigenvalue weighted by molar-refractivity contribution is 5.68. The Morgan fingerprint density at radius 1 is 1.38 bits per heavy atom. The molecule has 0 saturated heterocycles. The fourth-order valence-electron chi connectivity index (χ4n) is 2.00. The topological polar surface area (TPSA) is 15.6 Å². The number of hydrogen-bond acceptors (Lipinski definition) is 2. The van der Waals surface area contributed by atoms with Crippen LogP contribution in [0, 0.1) is 11.3 Å². The molecule has 0 spiro atoms. The molecule has 0 aromatic carbocycles. The maximum absolute atomic E-state index is 12.6. The first kappa shape index (κ1) is 11.3. The zero-order chi connectivity index (χ0) is 11.9. The molecule has 4 heteroatoms. The van der Waals surface area contributed by atoms with Gasteiger partial charge in [0.05, 0.1) is 6.04 Å². The number of nitrogens with zero attached hydrogens (tertiary/aromatic N) is 2. The van der Waals surface area contributed by atoms with Gasteiger partial charge in [-0.25, -0.2) is 5.01 Å². The van der Waals surface area contributed by atoms with Crippen LogP contribution >= 0.6 is 0 Å². The van der Waals surface area contributed by atoms with E-state index in [1.165, 1.54) is 5.57 Å². The van der Waals surface area contributed by atoms with Crippen molar-refractivity contribution in [3.63, 3.8) is 0 Å². The van der Waals surface area contributed by atoms with E-state index in [0.29, 0.717) is 0 Å². The van der Waals surface area contributed by atoms with Gasteiger partial charge in [0.25, 0.3) is 0 Å². The molecule has 2 unspecified atom stereocenters. The lowest BCUT2D eigenvalue weighted by Gasteiger charge is -2.29. The third kappa shape index (κ3) is 1.88. The Bertz CT molecular complexity index is 364. The van der Waals surface area contributed by atoms with Gasteiger partial charge in [-0.2, -0.15) is 13.9 Å². The summed E-state index contributed by atoms with van der Waals surface area (Å²) >= 11 is 0. The Balaban J connectivity index is 2.20. The summed E-state index contributed by atoms with van der Waals surface area (Å²) < 4.78 is 25.2. The molecule has 0 bridgehead atoms. The molecule has 2 aliphatic rings. The Labute approximate surface area is 94.3 Å². The normalized spacial score (nSPS) is 28.6. The maximum Gasteiger partial charge on any atom is 0.330 e. The molecule has 16 heavy (non-hydrogen) atoms. The largest absolute Gasteiger partial charge is 0.330 e. The molecule has 0 aromatic heterocycles. The fourth-order valence-corrected chi connectivity index (χ4v) is 2.00. The highest BCUT2D eigenvalue weighted by Gasteiger charge is 2.35. The Kier molecular flexibility index (Phi) is 2.60. The van der Waals surface area contributed by atoms with Crippen LogP contribution in [-0.2, 0) is 0 Å². The van der Waals surface area contributed by atoms with Crippen LogP contribution in [0.2, 0.25) is 0 Å². The first-order chi connectivity index (χ1) is 7.39. The standard InChI is InChI=1S/C12H16F2N2/c1-12(2,3)9-4-5-10-8(6-9)7-15-16(10)11(13)14/h4-8,10-11H,1-3H3. The van der Waals surface area contributed by atoms with Gasteiger partial charge in [-0.15, -0.1) is 0 Å². The number of alkyl halides is 2. The van der Waals surface area contributed by atoms with Crippen LogP contribution in [0.25, 0.3) is 0 Å². The van der Waals surface area contributed by atoms with Crippen LogP contribution in [-0.4, -0.2) is 23.8 Å². The van der Waals surface area contributed by atoms with Crippen molar-refractivity contribution in [3.8, 4) is 0 Å². The van der Waals surface area contributed by atoms with E-state index in [1.807, 2.05) is 18.2 Å². The minimum atomic E-state index is -2.53. The van der Waals surface area contributed by atoms with Gasteiger partial charge in [-0.05, 0) is 11.0 Å². The number of halogens is 2. The fraction of sp³-hybridized carbons (Fsp3) is 0.583. The average Bonchev–Trinajstić information content (AvgIpc) is 2.58. The second-order valence-electron chi connectivity index (χ2n) is 5.22. The summed E-state index contributed by atoms with van der Waals surface area (Å²) in [5.41, 5.74) is 1.23. The minimum absolute atomic E-state index is 0.0202. The lowest BCUT2D eigenvalue weighted by molar-refractivity contribution is -0.0377. The summed E-state index contributed by atoms with van der Waals surface area (Å²) in [6.07, 6.45) is 7.40. The van der Waals surface area contributed by atoms with Gasteiger partial charge in [0.1, 0.15) is 0 Å². The summed E-state index contributed by atoms with van der Waals surface area (Å²) in [6, 6.07) is -0.314. The van der Waals surface area contributed by atoms with E-state index in [1.54, 1.807) is 6.21 Å². The third-order valence-corrected chi connectivity index (χ3v) is 2.98. The average molecular weight is 226 g/mol. The molecule has 2 rings (SSSR count). The molecule has 1 heterocycles. The van der Waals surface area contributed by atoms with E-state index in [2.05, 4.69) is 25.9 Å². The molecule has 2 atom stereocenters. The predicted molar refractivity (Wildman–Crippen MR) is 60.3 cm³/mol. The summed E-state index contributed by atoms with van der Waals surface area (Å²) in [7, 11) is 0. The molecule has 1 aliphatic carbocycles. The van der Waals surface area contributed by atoms with Crippen molar-refractivity contribution >= 4 is 6.21 Å². The molecule has 0 fully saturated rings. The van der Waals surface area contributed by atoms with Crippen LogP contribution in [0.1, 0.15) is 20.8 Å². The Morgan fingerprint density at radius 3 is 2.62 bits per heavy atom. The summed E-state index contributed by atoms with van der Waals surface area (Å²) in [4.78, 5) is 0. The van der Waals surface area contributed by atoms with Gasteiger partial charge < -0.3 is 0 Å². The van der Waals surface area contributed by atoms with Crippen molar-refractivity contribution in [3.05, 3.63) is 23.8 Å². The van der Waals surface area contributed by atoms with Crippen molar-refractivity contribution < 1.29 is 8.78 Å². The maximum atomic E-state index is 12.6. The second-order valence-corrected chi connectivity index (χ2v) is 5.22. The highest BCUT2D eigenvalue weighted by atomic mass is 19.3. The van der Waals surface area contributed by atoms with Crippen LogP contribution in [0.5, 0.6) is 0 Å². The highest BCUT2D eigenvalue weighted by Crippen LogP contribution is 2.34. The number of fused-ring (bicyclic) bond motifs is 1. The summed E-state index contributed by atoms with van der Waals surface area (Å²) in [5.74, 6) is -0.0202. The van der Waals surface area contributed by atoms with Gasteiger partial charge in [0.2, 0.25) is 0 Å². The lowest BCUT2D eigenvalue weighted by atomic mass is 9.80. The molecule has 0 radical (unpaired) electrons. The van der Waals surface area contributed by atoms with Gasteiger partial charge in [-0.3, -0.25) is 0 Å². The number of hydrogen-bond donors (Lipinski definition) is 0. The molecule has 0 aromatic rings. The molecule has 1 aliphatic heterocycles. The molecule has 0 saturated carbocycles. The summed E-state index contributed by atoms with van der Waals surface area (Å²) in [5, 5.41) is 4.62. The minimum Gasteiger partial charge on any atom is -0.230 e. The van der Waals surface area contributed by atoms with Crippen molar-refractivity contribution in [2.45, 2.75) is 33.4 Å². The molecule has 88 valence electrons. The number of hydrazone groups is 1. The monoisotopic (exact) mass is 226 g/mol. The molecule has 2 nitrogen and oxygen atoms in total. The smallest absolute Gasteiger partial charge is 0.230 e. The van der Waals surface area contributed by atoms with Gasteiger partial charge in [0.15, 0.2) is 0 Å². The zero-order valence-electron chi connectivity index (χ0n) is 9.69. The third-order valence-electron chi connectivity index (χ3n) is 2.98. The molecule has 0 amide bonds. The van der Waals surface area contributed by atoms with E-state index in [0.717, 1.165) is 5.01 Å². The van der Waals surface area contributed by atoms with E-state index in [9.17, 15) is 8.78 Å². The first-order valence-electron chi connectivity index (χ1n) is 5.41. The molecule has 0 N–H and O–H groups in total. The van der Waals surface area contributed by atoms with Gasteiger partial charge >= 0.3 is 6.55 Å². The lowest BCUT2D eigenvalue weighted by Crippen LogP contribution is -2.35. The first-order valence-corrected chi connectivity index (χ1v) is 5.41. The SMILES string of the molecule is CC(C)(C)C1=CC2C=NN(C(F)F)C2C=C1. The van der Waals surface area contributed by atoms with Crippen molar-refractivity contribution in [2.24, 2.45) is 16.4 Å². The quantitative estimate of drug-likeness (QED) is 0.627. The van der Waals surface area contributed by atoms with E-state index < -0.39 is 6.55 Å².